The lowest BCUT2D eigenvalue weighted by Gasteiger charge is -2.28. The summed E-state index contributed by atoms with van der Waals surface area (Å²) in [7, 11) is 0. The minimum Gasteiger partial charge on any atom is -0.346 e. The van der Waals surface area contributed by atoms with E-state index in [1.165, 1.54) is 12.8 Å². The number of halogens is 3. The molecule has 1 unspecified atom stereocenters. The Labute approximate surface area is 105 Å². The van der Waals surface area contributed by atoms with Gasteiger partial charge in [0.15, 0.2) is 0 Å². The van der Waals surface area contributed by atoms with Gasteiger partial charge in [-0.3, -0.25) is 9.69 Å². The van der Waals surface area contributed by atoms with Crippen LogP contribution >= 0.6 is 0 Å². The van der Waals surface area contributed by atoms with Crippen molar-refractivity contribution in [2.75, 3.05) is 13.1 Å². The van der Waals surface area contributed by atoms with Gasteiger partial charge in [0.1, 0.15) is 6.54 Å². The average molecular weight is 264 g/mol. The van der Waals surface area contributed by atoms with E-state index in [1.54, 1.807) is 0 Å². The number of carbonyl (C=O) groups excluding carboxylic acids is 1. The normalized spacial score (nSPS) is 22.1. The molecule has 6 heteroatoms. The molecule has 18 heavy (non-hydrogen) atoms. The number of rotatable bonds is 6. The van der Waals surface area contributed by atoms with E-state index in [4.69, 9.17) is 0 Å². The standard InChI is InChI=1S/C12H19F3N2O/c1-8(9-2-3-9)17(10-4-5-10)6-11(18)16-7-12(13,14)15/h8-10H,2-7H2,1H3,(H,16,18). The van der Waals surface area contributed by atoms with Crippen molar-refractivity contribution in [1.29, 1.82) is 0 Å². The van der Waals surface area contributed by atoms with Crippen molar-refractivity contribution in [3.63, 3.8) is 0 Å². The van der Waals surface area contributed by atoms with E-state index >= 15 is 0 Å². The summed E-state index contributed by atoms with van der Waals surface area (Å²) in [4.78, 5) is 13.6. The highest BCUT2D eigenvalue weighted by Gasteiger charge is 2.40. The third kappa shape index (κ3) is 4.15. The van der Waals surface area contributed by atoms with Crippen LogP contribution in [0.1, 0.15) is 32.6 Å². The average Bonchev–Trinajstić information content (AvgIpc) is 3.14. The summed E-state index contributed by atoms with van der Waals surface area (Å²) in [6.45, 7) is 0.938. The maximum absolute atomic E-state index is 12.0. The summed E-state index contributed by atoms with van der Waals surface area (Å²) in [5, 5.41) is 1.94. The van der Waals surface area contributed by atoms with Crippen molar-refractivity contribution in [3.8, 4) is 0 Å². The number of carbonyl (C=O) groups is 1. The van der Waals surface area contributed by atoms with Crippen LogP contribution < -0.4 is 5.32 Å². The third-order valence-corrected chi connectivity index (χ3v) is 3.66. The largest absolute Gasteiger partial charge is 0.405 e. The second kappa shape index (κ2) is 5.07. The van der Waals surface area contributed by atoms with Gasteiger partial charge in [-0.25, -0.2) is 0 Å². The van der Waals surface area contributed by atoms with Crippen LogP contribution in [-0.4, -0.2) is 42.2 Å². The zero-order chi connectivity index (χ0) is 13.3. The minimum atomic E-state index is -4.33. The zero-order valence-corrected chi connectivity index (χ0v) is 10.5. The first-order chi connectivity index (χ1) is 8.37. The summed E-state index contributed by atoms with van der Waals surface area (Å²) in [6, 6.07) is 0.714. The number of alkyl halides is 3. The Kier molecular flexibility index (Phi) is 3.84. The molecule has 0 aromatic heterocycles. The molecule has 0 aromatic rings. The first kappa shape index (κ1) is 13.6. The SMILES string of the molecule is CC(C1CC1)N(CC(=O)NCC(F)(F)F)C1CC1. The van der Waals surface area contributed by atoms with Crippen LogP contribution in [0.15, 0.2) is 0 Å². The first-order valence-corrected chi connectivity index (χ1v) is 6.46. The van der Waals surface area contributed by atoms with Crippen LogP contribution in [0.2, 0.25) is 0 Å². The Morgan fingerprint density at radius 3 is 2.39 bits per heavy atom. The van der Waals surface area contributed by atoms with E-state index in [0.717, 1.165) is 12.8 Å². The van der Waals surface area contributed by atoms with Gasteiger partial charge in [-0.05, 0) is 38.5 Å². The molecule has 2 saturated carbocycles. The van der Waals surface area contributed by atoms with Crippen LogP contribution in [0, 0.1) is 5.92 Å². The fourth-order valence-electron chi connectivity index (χ4n) is 2.28. The Balaban J connectivity index is 1.79. The van der Waals surface area contributed by atoms with Crippen LogP contribution in [0.3, 0.4) is 0 Å². The van der Waals surface area contributed by atoms with Crippen molar-refractivity contribution in [3.05, 3.63) is 0 Å². The molecule has 2 aliphatic carbocycles. The van der Waals surface area contributed by atoms with Gasteiger partial charge in [0, 0.05) is 12.1 Å². The molecule has 0 heterocycles. The van der Waals surface area contributed by atoms with E-state index in [2.05, 4.69) is 11.8 Å². The van der Waals surface area contributed by atoms with Gasteiger partial charge in [0.2, 0.25) is 5.91 Å². The Morgan fingerprint density at radius 2 is 1.94 bits per heavy atom. The maximum Gasteiger partial charge on any atom is 0.405 e. The molecule has 0 aromatic carbocycles. The van der Waals surface area contributed by atoms with Crippen LogP contribution in [0.4, 0.5) is 13.2 Å². The van der Waals surface area contributed by atoms with Gasteiger partial charge in [-0.1, -0.05) is 0 Å². The van der Waals surface area contributed by atoms with Gasteiger partial charge in [-0.15, -0.1) is 0 Å². The summed E-state index contributed by atoms with van der Waals surface area (Å²) >= 11 is 0. The highest BCUT2D eigenvalue weighted by atomic mass is 19.4. The lowest BCUT2D eigenvalue weighted by atomic mass is 10.1. The van der Waals surface area contributed by atoms with Gasteiger partial charge < -0.3 is 5.32 Å². The molecule has 0 radical (unpaired) electrons. The van der Waals surface area contributed by atoms with Gasteiger partial charge in [-0.2, -0.15) is 13.2 Å². The molecule has 2 fully saturated rings. The molecule has 0 aliphatic heterocycles. The Morgan fingerprint density at radius 1 is 1.33 bits per heavy atom. The summed E-state index contributed by atoms with van der Waals surface area (Å²) in [5.41, 5.74) is 0. The summed E-state index contributed by atoms with van der Waals surface area (Å²) < 4.78 is 36.0. The van der Waals surface area contributed by atoms with E-state index in [9.17, 15) is 18.0 Å². The number of hydrogen-bond donors (Lipinski definition) is 1. The number of nitrogens with zero attached hydrogens (tertiary/aromatic N) is 1. The molecule has 0 spiro atoms. The number of amides is 1. The fraction of sp³-hybridized carbons (Fsp3) is 0.917. The van der Waals surface area contributed by atoms with Gasteiger partial charge >= 0.3 is 6.18 Å². The number of nitrogens with one attached hydrogen (secondary N) is 1. The molecule has 0 bridgehead atoms. The van der Waals surface area contributed by atoms with Crippen LogP contribution in [0.5, 0.6) is 0 Å². The van der Waals surface area contributed by atoms with Crippen molar-refractivity contribution < 1.29 is 18.0 Å². The first-order valence-electron chi connectivity index (χ1n) is 6.46. The van der Waals surface area contributed by atoms with Gasteiger partial charge in [0.25, 0.3) is 0 Å². The summed E-state index contributed by atoms with van der Waals surface area (Å²) in [6.07, 6.45) is 0.137. The van der Waals surface area contributed by atoms with Crippen LogP contribution in [-0.2, 0) is 4.79 Å². The van der Waals surface area contributed by atoms with E-state index < -0.39 is 18.6 Å². The third-order valence-electron chi connectivity index (χ3n) is 3.66. The zero-order valence-electron chi connectivity index (χ0n) is 10.5. The molecule has 1 amide bonds. The van der Waals surface area contributed by atoms with E-state index in [-0.39, 0.29) is 6.54 Å². The molecular formula is C12H19F3N2O. The van der Waals surface area contributed by atoms with E-state index in [0.29, 0.717) is 18.0 Å². The maximum atomic E-state index is 12.0. The molecule has 2 aliphatic rings. The van der Waals surface area contributed by atoms with Crippen molar-refractivity contribution in [1.82, 2.24) is 10.2 Å². The van der Waals surface area contributed by atoms with Crippen LogP contribution in [0.25, 0.3) is 0 Å². The Bertz CT molecular complexity index is 311. The van der Waals surface area contributed by atoms with Crippen molar-refractivity contribution >= 4 is 5.91 Å². The molecule has 2 rings (SSSR count). The Hall–Kier alpha value is -0.780. The lowest BCUT2D eigenvalue weighted by molar-refractivity contribution is -0.139. The second-order valence-corrected chi connectivity index (χ2v) is 5.37. The lowest BCUT2D eigenvalue weighted by Crippen LogP contribution is -2.45. The fourth-order valence-corrected chi connectivity index (χ4v) is 2.28. The highest BCUT2D eigenvalue weighted by Crippen LogP contribution is 2.39. The quantitative estimate of drug-likeness (QED) is 0.795. The van der Waals surface area contributed by atoms with E-state index in [1.807, 2.05) is 5.32 Å². The molecule has 0 saturated heterocycles. The summed E-state index contributed by atoms with van der Waals surface area (Å²) in [5.74, 6) is 0.104. The molecule has 3 nitrogen and oxygen atoms in total. The molecule has 1 atom stereocenters. The minimum absolute atomic E-state index is 0.0956. The number of hydrogen-bond acceptors (Lipinski definition) is 2. The predicted octanol–water partition coefficient (Wildman–Crippen LogP) is 1.93. The molecule has 1 N–H and O–H groups in total. The second-order valence-electron chi connectivity index (χ2n) is 5.37. The molecular weight excluding hydrogens is 245 g/mol. The van der Waals surface area contributed by atoms with Gasteiger partial charge in [0.05, 0.1) is 6.54 Å². The van der Waals surface area contributed by atoms with Crippen molar-refractivity contribution in [2.24, 2.45) is 5.92 Å². The highest BCUT2D eigenvalue weighted by molar-refractivity contribution is 5.78. The smallest absolute Gasteiger partial charge is 0.346 e. The van der Waals surface area contributed by atoms with Crippen molar-refractivity contribution in [2.45, 2.75) is 50.9 Å². The molecule has 104 valence electrons. The topological polar surface area (TPSA) is 32.3 Å². The predicted molar refractivity (Wildman–Crippen MR) is 61.0 cm³/mol. The monoisotopic (exact) mass is 264 g/mol.